The number of nitro groups is 1. The van der Waals surface area contributed by atoms with Crippen LogP contribution in [0.5, 0.6) is 0 Å². The quantitative estimate of drug-likeness (QED) is 0.347. The van der Waals surface area contributed by atoms with Gasteiger partial charge in [-0.25, -0.2) is 9.37 Å². The summed E-state index contributed by atoms with van der Waals surface area (Å²) in [4.78, 5) is 28.7. The lowest BCUT2D eigenvalue weighted by atomic mass is 9.91. The normalized spacial score (nSPS) is 13.1. The van der Waals surface area contributed by atoms with Crippen molar-refractivity contribution in [1.29, 1.82) is 0 Å². The van der Waals surface area contributed by atoms with Crippen LogP contribution in [0.2, 0.25) is 0 Å². The lowest BCUT2D eigenvalue weighted by Gasteiger charge is -2.19. The molecule has 0 aliphatic carbocycles. The van der Waals surface area contributed by atoms with Crippen molar-refractivity contribution in [2.24, 2.45) is 5.73 Å². The van der Waals surface area contributed by atoms with Crippen LogP contribution >= 0.6 is 11.3 Å². The highest BCUT2D eigenvalue weighted by atomic mass is 32.1. The maximum atomic E-state index is 13.2. The van der Waals surface area contributed by atoms with Crippen LogP contribution in [0.4, 0.5) is 4.39 Å². The molecule has 8 heteroatoms. The highest BCUT2D eigenvalue weighted by Crippen LogP contribution is 2.33. The number of nitrogens with two attached hydrogens (primary N) is 1. The number of fused-ring (bicyclic) bond motifs is 1. The van der Waals surface area contributed by atoms with E-state index in [1.807, 2.05) is 36.4 Å². The number of aromatic nitrogens is 1. The molecule has 0 saturated heterocycles. The third-order valence-electron chi connectivity index (χ3n) is 5.19. The zero-order valence-electron chi connectivity index (χ0n) is 16.3. The van der Waals surface area contributed by atoms with Crippen molar-refractivity contribution in [3.63, 3.8) is 0 Å². The van der Waals surface area contributed by atoms with Gasteiger partial charge in [-0.15, -0.1) is 11.3 Å². The molecule has 3 aromatic carbocycles. The Bertz CT molecular complexity index is 1260. The minimum Gasteiger partial charge on any atom is -0.363 e. The first-order valence-electron chi connectivity index (χ1n) is 9.50. The molecular formula is C23H18FN3O3S. The molecule has 0 saturated carbocycles. The van der Waals surface area contributed by atoms with Gasteiger partial charge in [-0.2, -0.15) is 0 Å². The number of nitrogens with zero attached hydrogens (tertiary/aromatic N) is 2. The maximum absolute atomic E-state index is 13.2. The van der Waals surface area contributed by atoms with Crippen molar-refractivity contribution >= 4 is 28.0 Å². The van der Waals surface area contributed by atoms with Gasteiger partial charge < -0.3 is 5.73 Å². The Labute approximate surface area is 181 Å². The van der Waals surface area contributed by atoms with Gasteiger partial charge in [0, 0.05) is 22.4 Å². The van der Waals surface area contributed by atoms with Crippen LogP contribution in [-0.4, -0.2) is 15.8 Å². The van der Waals surface area contributed by atoms with E-state index in [9.17, 15) is 19.3 Å². The van der Waals surface area contributed by atoms with Crippen LogP contribution in [0, 0.1) is 15.9 Å². The Hall–Kier alpha value is -3.65. The second-order valence-electron chi connectivity index (χ2n) is 7.27. The SMILES string of the molecule is NC(=O)C(Cc1ccc(F)cc1)(c1ncc(Cc2ccc3ccccc3c2)s1)[N+](=O)[O-]. The summed E-state index contributed by atoms with van der Waals surface area (Å²) in [7, 11) is 0. The molecule has 31 heavy (non-hydrogen) atoms. The Morgan fingerprint density at radius 1 is 1.06 bits per heavy atom. The molecule has 1 aromatic heterocycles. The van der Waals surface area contributed by atoms with E-state index in [0.717, 1.165) is 32.5 Å². The van der Waals surface area contributed by atoms with Crippen molar-refractivity contribution in [1.82, 2.24) is 4.98 Å². The molecule has 1 amide bonds. The number of halogens is 1. The predicted octanol–water partition coefficient (Wildman–Crippen LogP) is 4.23. The molecule has 2 N–H and O–H groups in total. The second-order valence-corrected chi connectivity index (χ2v) is 8.39. The first-order chi connectivity index (χ1) is 14.9. The van der Waals surface area contributed by atoms with Crippen LogP contribution in [0.1, 0.15) is 21.0 Å². The minimum atomic E-state index is -2.22. The summed E-state index contributed by atoms with van der Waals surface area (Å²) in [5, 5.41) is 14.3. The minimum absolute atomic E-state index is 0.0186. The van der Waals surface area contributed by atoms with Crippen LogP contribution in [0.15, 0.2) is 72.9 Å². The van der Waals surface area contributed by atoms with Crippen molar-refractivity contribution in [2.75, 3.05) is 0 Å². The summed E-state index contributed by atoms with van der Waals surface area (Å²) in [6.07, 6.45) is 1.76. The first kappa shape index (κ1) is 20.6. The third-order valence-corrected chi connectivity index (χ3v) is 6.34. The standard InChI is InChI=1S/C23H18FN3O3S/c24-19-9-6-15(7-10-19)13-23(21(25)28,27(29)30)22-26-14-20(31-22)12-16-5-8-17-3-1-2-4-18(17)11-16/h1-11,14H,12-13H2,(H2,25,28). The average Bonchev–Trinajstić information content (AvgIpc) is 3.21. The van der Waals surface area contributed by atoms with Gasteiger partial charge in [-0.3, -0.25) is 14.9 Å². The largest absolute Gasteiger partial charge is 0.363 e. The number of carbonyl (C=O) groups is 1. The highest BCUT2D eigenvalue weighted by Gasteiger charge is 2.54. The zero-order valence-corrected chi connectivity index (χ0v) is 17.1. The Morgan fingerprint density at radius 3 is 2.42 bits per heavy atom. The number of primary amides is 1. The molecule has 0 spiro atoms. The summed E-state index contributed by atoms with van der Waals surface area (Å²) >= 11 is 1.09. The van der Waals surface area contributed by atoms with Crippen LogP contribution in [0.3, 0.4) is 0 Å². The van der Waals surface area contributed by atoms with Crippen LogP contribution in [0.25, 0.3) is 10.8 Å². The number of hydrogen-bond donors (Lipinski definition) is 1. The van der Waals surface area contributed by atoms with Crippen molar-refractivity contribution in [3.05, 3.63) is 110 Å². The molecule has 0 aliphatic rings. The van der Waals surface area contributed by atoms with E-state index in [0.29, 0.717) is 12.0 Å². The zero-order chi connectivity index (χ0) is 22.0. The topological polar surface area (TPSA) is 99.1 Å². The third kappa shape index (κ3) is 4.02. The summed E-state index contributed by atoms with van der Waals surface area (Å²) < 4.78 is 13.2. The molecule has 1 heterocycles. The molecule has 1 atom stereocenters. The van der Waals surface area contributed by atoms with Crippen LogP contribution in [-0.2, 0) is 23.2 Å². The van der Waals surface area contributed by atoms with Gasteiger partial charge in [0.2, 0.25) is 0 Å². The van der Waals surface area contributed by atoms with E-state index in [1.165, 1.54) is 24.3 Å². The van der Waals surface area contributed by atoms with Crippen LogP contribution < -0.4 is 5.73 Å². The van der Waals surface area contributed by atoms with E-state index >= 15 is 0 Å². The number of hydrogen-bond acceptors (Lipinski definition) is 5. The maximum Gasteiger partial charge on any atom is 0.352 e. The summed E-state index contributed by atoms with van der Waals surface area (Å²) in [6, 6.07) is 19.2. The summed E-state index contributed by atoms with van der Waals surface area (Å²) in [6.45, 7) is 0. The number of amides is 1. The smallest absolute Gasteiger partial charge is 0.352 e. The fourth-order valence-corrected chi connectivity index (χ4v) is 4.64. The van der Waals surface area contributed by atoms with Gasteiger partial charge in [0.25, 0.3) is 0 Å². The van der Waals surface area contributed by atoms with Gasteiger partial charge in [0.15, 0.2) is 5.01 Å². The monoisotopic (exact) mass is 435 g/mol. The lowest BCUT2D eigenvalue weighted by molar-refractivity contribution is -0.560. The Morgan fingerprint density at radius 2 is 1.74 bits per heavy atom. The fourth-order valence-electron chi connectivity index (χ4n) is 3.53. The molecule has 0 aliphatic heterocycles. The van der Waals surface area contributed by atoms with E-state index < -0.39 is 22.2 Å². The number of rotatable bonds is 7. The molecule has 6 nitrogen and oxygen atoms in total. The summed E-state index contributed by atoms with van der Waals surface area (Å²) in [5.74, 6) is -1.57. The fraction of sp³-hybridized carbons (Fsp3) is 0.130. The van der Waals surface area contributed by atoms with Crippen molar-refractivity contribution in [2.45, 2.75) is 18.4 Å². The van der Waals surface area contributed by atoms with E-state index in [1.54, 1.807) is 6.20 Å². The molecule has 156 valence electrons. The number of thiazole rings is 1. The molecule has 0 fully saturated rings. The van der Waals surface area contributed by atoms with E-state index in [2.05, 4.69) is 11.1 Å². The molecule has 0 bridgehead atoms. The second kappa shape index (κ2) is 8.23. The predicted molar refractivity (Wildman–Crippen MR) is 117 cm³/mol. The Balaban J connectivity index is 1.67. The average molecular weight is 435 g/mol. The molecular weight excluding hydrogens is 417 g/mol. The lowest BCUT2D eigenvalue weighted by Crippen LogP contribution is -2.49. The highest BCUT2D eigenvalue weighted by molar-refractivity contribution is 7.11. The number of benzene rings is 3. The van der Waals surface area contributed by atoms with E-state index in [4.69, 9.17) is 5.73 Å². The summed E-state index contributed by atoms with van der Waals surface area (Å²) in [5.41, 5.74) is 4.75. The van der Waals surface area contributed by atoms with Crippen molar-refractivity contribution < 1.29 is 14.1 Å². The Kier molecular flexibility index (Phi) is 5.48. The molecule has 1 unspecified atom stereocenters. The van der Waals surface area contributed by atoms with Gasteiger partial charge in [-0.05, 0) is 34.0 Å². The van der Waals surface area contributed by atoms with Gasteiger partial charge in [-0.1, -0.05) is 54.6 Å². The first-order valence-corrected chi connectivity index (χ1v) is 10.3. The van der Waals surface area contributed by atoms with E-state index in [-0.39, 0.29) is 11.4 Å². The number of carbonyl (C=O) groups excluding carboxylic acids is 1. The van der Waals surface area contributed by atoms with Gasteiger partial charge >= 0.3 is 11.4 Å². The molecule has 0 radical (unpaired) electrons. The molecule has 4 aromatic rings. The van der Waals surface area contributed by atoms with Gasteiger partial charge in [0.05, 0.1) is 6.42 Å². The van der Waals surface area contributed by atoms with Gasteiger partial charge in [0.1, 0.15) is 5.82 Å². The molecule has 4 rings (SSSR count). The van der Waals surface area contributed by atoms with Crippen molar-refractivity contribution in [3.8, 4) is 0 Å².